The molecule has 0 amide bonds. The Labute approximate surface area is 99.8 Å². The number of alkyl halides is 1. The molecule has 0 aliphatic carbocycles. The molecule has 0 saturated carbocycles. The van der Waals surface area contributed by atoms with E-state index in [-0.39, 0.29) is 4.75 Å². The van der Waals surface area contributed by atoms with Gasteiger partial charge in [-0.15, -0.1) is 23.4 Å². The summed E-state index contributed by atoms with van der Waals surface area (Å²) >= 11 is 7.76. The summed E-state index contributed by atoms with van der Waals surface area (Å²) in [6.45, 7) is 4.24. The SMILES string of the molecule is Cc1nc(C2(C)CCCS2)ncc1CCl. The van der Waals surface area contributed by atoms with E-state index in [2.05, 4.69) is 16.9 Å². The zero-order valence-electron chi connectivity index (χ0n) is 9.09. The van der Waals surface area contributed by atoms with Crippen LogP contribution in [0, 0.1) is 6.92 Å². The van der Waals surface area contributed by atoms with Crippen molar-refractivity contribution >= 4 is 23.4 Å². The number of rotatable bonds is 2. The molecule has 2 rings (SSSR count). The van der Waals surface area contributed by atoms with Crippen molar-refractivity contribution in [1.82, 2.24) is 9.97 Å². The van der Waals surface area contributed by atoms with Crippen LogP contribution in [0.15, 0.2) is 6.20 Å². The fraction of sp³-hybridized carbons (Fsp3) is 0.636. The van der Waals surface area contributed by atoms with Gasteiger partial charge in [0.05, 0.1) is 10.6 Å². The van der Waals surface area contributed by atoms with Gasteiger partial charge in [-0.25, -0.2) is 9.97 Å². The van der Waals surface area contributed by atoms with Crippen molar-refractivity contribution in [1.29, 1.82) is 0 Å². The predicted molar refractivity (Wildman–Crippen MR) is 65.4 cm³/mol. The van der Waals surface area contributed by atoms with Gasteiger partial charge < -0.3 is 0 Å². The van der Waals surface area contributed by atoms with E-state index in [1.54, 1.807) is 0 Å². The molecule has 2 heterocycles. The highest BCUT2D eigenvalue weighted by molar-refractivity contribution is 8.00. The first-order valence-corrected chi connectivity index (χ1v) is 6.70. The maximum absolute atomic E-state index is 5.79. The van der Waals surface area contributed by atoms with E-state index >= 15 is 0 Å². The predicted octanol–water partition coefficient (Wildman–Crippen LogP) is 3.27. The van der Waals surface area contributed by atoms with E-state index in [0.29, 0.717) is 5.88 Å². The highest BCUT2D eigenvalue weighted by Gasteiger charge is 2.34. The van der Waals surface area contributed by atoms with Crippen LogP contribution in [-0.4, -0.2) is 15.7 Å². The number of hydrogen-bond acceptors (Lipinski definition) is 3. The maximum Gasteiger partial charge on any atom is 0.144 e. The van der Waals surface area contributed by atoms with Gasteiger partial charge in [0, 0.05) is 17.5 Å². The second-order valence-corrected chi connectivity index (χ2v) is 5.99. The summed E-state index contributed by atoms with van der Waals surface area (Å²) < 4.78 is 0.121. The second-order valence-electron chi connectivity index (χ2n) is 4.12. The lowest BCUT2D eigenvalue weighted by Gasteiger charge is -2.21. The van der Waals surface area contributed by atoms with Crippen molar-refractivity contribution in [2.45, 2.75) is 37.3 Å². The third-order valence-corrected chi connectivity index (χ3v) is 4.72. The highest BCUT2D eigenvalue weighted by atomic mass is 35.5. The van der Waals surface area contributed by atoms with Crippen molar-refractivity contribution in [2.24, 2.45) is 0 Å². The summed E-state index contributed by atoms with van der Waals surface area (Å²) in [6, 6.07) is 0. The fourth-order valence-corrected chi connectivity index (χ4v) is 3.35. The molecule has 1 unspecified atom stereocenters. The van der Waals surface area contributed by atoms with Gasteiger partial charge >= 0.3 is 0 Å². The molecule has 82 valence electrons. The van der Waals surface area contributed by atoms with Gasteiger partial charge in [0.25, 0.3) is 0 Å². The molecular weight excluding hydrogens is 228 g/mol. The molecule has 15 heavy (non-hydrogen) atoms. The van der Waals surface area contributed by atoms with E-state index in [1.165, 1.54) is 18.6 Å². The third kappa shape index (κ3) is 2.13. The number of halogens is 1. The van der Waals surface area contributed by atoms with Crippen molar-refractivity contribution in [2.75, 3.05) is 5.75 Å². The van der Waals surface area contributed by atoms with E-state index in [0.717, 1.165) is 17.1 Å². The van der Waals surface area contributed by atoms with Crippen LogP contribution in [0.1, 0.15) is 36.8 Å². The van der Waals surface area contributed by atoms with Gasteiger partial charge in [0.15, 0.2) is 0 Å². The molecule has 0 aromatic carbocycles. The Bertz CT molecular complexity index is 362. The molecule has 1 aromatic heterocycles. The van der Waals surface area contributed by atoms with E-state index in [4.69, 9.17) is 11.6 Å². The minimum atomic E-state index is 0.121. The number of aromatic nitrogens is 2. The minimum absolute atomic E-state index is 0.121. The molecule has 1 fully saturated rings. The van der Waals surface area contributed by atoms with Crippen molar-refractivity contribution in [3.05, 3.63) is 23.3 Å². The van der Waals surface area contributed by atoms with Crippen LogP contribution < -0.4 is 0 Å². The Morgan fingerprint density at radius 2 is 2.40 bits per heavy atom. The van der Waals surface area contributed by atoms with Gasteiger partial charge in [-0.2, -0.15) is 0 Å². The molecule has 4 heteroatoms. The van der Waals surface area contributed by atoms with Crippen LogP contribution in [0.2, 0.25) is 0 Å². The summed E-state index contributed by atoms with van der Waals surface area (Å²) in [5.41, 5.74) is 2.05. The summed E-state index contributed by atoms with van der Waals surface area (Å²) in [5, 5.41) is 0. The second kappa shape index (κ2) is 4.30. The summed E-state index contributed by atoms with van der Waals surface area (Å²) in [4.78, 5) is 9.03. The lowest BCUT2D eigenvalue weighted by Crippen LogP contribution is -2.18. The topological polar surface area (TPSA) is 25.8 Å². The molecule has 2 nitrogen and oxygen atoms in total. The smallest absolute Gasteiger partial charge is 0.144 e. The molecule has 0 bridgehead atoms. The van der Waals surface area contributed by atoms with Crippen LogP contribution in [0.5, 0.6) is 0 Å². The highest BCUT2D eigenvalue weighted by Crippen LogP contribution is 2.44. The Kier molecular flexibility index (Phi) is 3.21. The number of nitrogens with zero attached hydrogens (tertiary/aromatic N) is 2. The van der Waals surface area contributed by atoms with Gasteiger partial charge in [-0.3, -0.25) is 0 Å². The quantitative estimate of drug-likeness (QED) is 0.745. The molecule has 1 saturated heterocycles. The molecular formula is C11H15ClN2S. The van der Waals surface area contributed by atoms with E-state index in [1.807, 2.05) is 24.9 Å². The molecule has 1 aliphatic heterocycles. The normalized spacial score (nSPS) is 25.8. The summed E-state index contributed by atoms with van der Waals surface area (Å²) in [5.74, 6) is 2.68. The average molecular weight is 243 g/mol. The first kappa shape index (κ1) is 11.2. The maximum atomic E-state index is 5.79. The molecule has 0 spiro atoms. The summed E-state index contributed by atoms with van der Waals surface area (Å²) in [7, 11) is 0. The Morgan fingerprint density at radius 3 is 2.93 bits per heavy atom. The Balaban J connectivity index is 2.33. The van der Waals surface area contributed by atoms with Gasteiger partial charge in [-0.1, -0.05) is 0 Å². The lowest BCUT2D eigenvalue weighted by molar-refractivity contribution is 0.600. The zero-order valence-corrected chi connectivity index (χ0v) is 10.7. The van der Waals surface area contributed by atoms with Gasteiger partial charge in [0.1, 0.15) is 5.82 Å². The number of aryl methyl sites for hydroxylation is 1. The number of hydrogen-bond donors (Lipinski definition) is 0. The standard InChI is InChI=1S/C11H15ClN2S/c1-8-9(6-12)7-13-10(14-8)11(2)4-3-5-15-11/h7H,3-6H2,1-2H3. The van der Waals surface area contributed by atoms with Crippen molar-refractivity contribution in [3.8, 4) is 0 Å². The Morgan fingerprint density at radius 1 is 1.60 bits per heavy atom. The average Bonchev–Trinajstić information content (AvgIpc) is 2.66. The molecule has 1 atom stereocenters. The zero-order chi connectivity index (χ0) is 10.9. The van der Waals surface area contributed by atoms with E-state index < -0.39 is 0 Å². The minimum Gasteiger partial charge on any atom is -0.240 e. The lowest BCUT2D eigenvalue weighted by atomic mass is 10.0. The van der Waals surface area contributed by atoms with Crippen molar-refractivity contribution in [3.63, 3.8) is 0 Å². The van der Waals surface area contributed by atoms with E-state index in [9.17, 15) is 0 Å². The molecule has 1 aromatic rings. The van der Waals surface area contributed by atoms with Crippen LogP contribution in [-0.2, 0) is 10.6 Å². The molecule has 1 aliphatic rings. The first-order valence-electron chi connectivity index (χ1n) is 5.18. The fourth-order valence-electron chi connectivity index (χ4n) is 1.83. The summed E-state index contributed by atoms with van der Waals surface area (Å²) in [6.07, 6.45) is 4.31. The molecule has 0 radical (unpaired) electrons. The van der Waals surface area contributed by atoms with Gasteiger partial charge in [-0.05, 0) is 32.4 Å². The van der Waals surface area contributed by atoms with Crippen LogP contribution in [0.3, 0.4) is 0 Å². The monoisotopic (exact) mass is 242 g/mol. The van der Waals surface area contributed by atoms with Crippen LogP contribution >= 0.6 is 23.4 Å². The van der Waals surface area contributed by atoms with Crippen LogP contribution in [0.4, 0.5) is 0 Å². The van der Waals surface area contributed by atoms with Crippen molar-refractivity contribution < 1.29 is 0 Å². The largest absolute Gasteiger partial charge is 0.240 e. The van der Waals surface area contributed by atoms with Crippen LogP contribution in [0.25, 0.3) is 0 Å². The van der Waals surface area contributed by atoms with Gasteiger partial charge in [0.2, 0.25) is 0 Å². The third-order valence-electron chi connectivity index (χ3n) is 2.92. The first-order chi connectivity index (χ1) is 7.15. The Hall–Kier alpha value is -0.280. The molecule has 0 N–H and O–H groups in total. The number of thioether (sulfide) groups is 1.